The molecule has 6 nitrogen and oxygen atoms in total. The van der Waals surface area contributed by atoms with Crippen LogP contribution in [0.4, 0.5) is 0 Å². The third kappa shape index (κ3) is 20.6. The molecule has 0 aliphatic rings. The number of hydrogen-bond donors (Lipinski definition) is 0. The molecule has 0 amide bonds. The summed E-state index contributed by atoms with van der Waals surface area (Å²) >= 11 is 0. The van der Waals surface area contributed by atoms with Crippen molar-refractivity contribution in [1.29, 1.82) is 0 Å². The number of ether oxygens (including phenoxy) is 1. The van der Waals surface area contributed by atoms with Crippen LogP contribution >= 0.6 is 0 Å². The molecule has 0 fully saturated rings. The molecule has 0 rings (SSSR count). The summed E-state index contributed by atoms with van der Waals surface area (Å²) in [5.41, 5.74) is 0. The first kappa shape index (κ1) is 23.7. The Balaban J connectivity index is 3.14. The third-order valence-corrected chi connectivity index (χ3v) is 4.23. The van der Waals surface area contributed by atoms with Gasteiger partial charge in [0.2, 0.25) is 0 Å². The zero-order chi connectivity index (χ0) is 18.6. The van der Waals surface area contributed by atoms with Crippen molar-refractivity contribution in [3.8, 4) is 0 Å². The van der Waals surface area contributed by atoms with Crippen LogP contribution in [0.15, 0.2) is 0 Å². The minimum Gasteiger partial charge on any atom is -0.466 e. The van der Waals surface area contributed by atoms with Crippen LogP contribution in [0.2, 0.25) is 0 Å². The van der Waals surface area contributed by atoms with Crippen molar-refractivity contribution < 1.29 is 19.5 Å². The Morgan fingerprint density at radius 1 is 0.760 bits per heavy atom. The van der Waals surface area contributed by atoms with Gasteiger partial charge in [-0.25, -0.2) is 0 Å². The second kappa shape index (κ2) is 19.0. The van der Waals surface area contributed by atoms with Gasteiger partial charge >= 0.3 is 5.97 Å². The Labute approximate surface area is 152 Å². The van der Waals surface area contributed by atoms with E-state index >= 15 is 0 Å². The highest BCUT2D eigenvalue weighted by molar-refractivity contribution is 5.69. The molecular weight excluding hydrogens is 322 g/mol. The predicted molar refractivity (Wildman–Crippen MR) is 98.8 cm³/mol. The maximum atomic E-state index is 11.4. The SMILES string of the molecule is CCCCCCCCCCCCCCCC(=O)OCCCO[N+](=O)[O-]. The van der Waals surface area contributed by atoms with Crippen LogP contribution in [0, 0.1) is 10.1 Å². The number of carbonyl (C=O) groups is 1. The molecule has 0 aromatic carbocycles. The molecule has 0 atom stereocenters. The van der Waals surface area contributed by atoms with Crippen molar-refractivity contribution in [2.24, 2.45) is 0 Å². The molecule has 148 valence electrons. The monoisotopic (exact) mass is 359 g/mol. The van der Waals surface area contributed by atoms with Crippen LogP contribution < -0.4 is 0 Å². The van der Waals surface area contributed by atoms with E-state index in [0.29, 0.717) is 12.8 Å². The average molecular weight is 360 g/mol. The van der Waals surface area contributed by atoms with E-state index in [4.69, 9.17) is 4.74 Å². The first-order valence-corrected chi connectivity index (χ1v) is 10.1. The summed E-state index contributed by atoms with van der Waals surface area (Å²) in [6, 6.07) is 0. The van der Waals surface area contributed by atoms with Crippen molar-refractivity contribution in [3.63, 3.8) is 0 Å². The van der Waals surface area contributed by atoms with Crippen molar-refractivity contribution >= 4 is 5.97 Å². The summed E-state index contributed by atoms with van der Waals surface area (Å²) in [6.07, 6.45) is 17.4. The van der Waals surface area contributed by atoms with E-state index < -0.39 is 5.09 Å². The maximum Gasteiger partial charge on any atom is 0.305 e. The van der Waals surface area contributed by atoms with Gasteiger partial charge in [-0.15, -0.1) is 10.1 Å². The van der Waals surface area contributed by atoms with Gasteiger partial charge < -0.3 is 9.57 Å². The fourth-order valence-electron chi connectivity index (χ4n) is 2.74. The van der Waals surface area contributed by atoms with E-state index in [-0.39, 0.29) is 19.2 Å². The fraction of sp³-hybridized carbons (Fsp3) is 0.947. The molecule has 0 bridgehead atoms. The zero-order valence-electron chi connectivity index (χ0n) is 16.0. The summed E-state index contributed by atoms with van der Waals surface area (Å²) in [4.78, 5) is 25.5. The van der Waals surface area contributed by atoms with Crippen LogP contribution in [0.5, 0.6) is 0 Å². The lowest BCUT2D eigenvalue weighted by Gasteiger charge is -2.05. The zero-order valence-corrected chi connectivity index (χ0v) is 16.0. The average Bonchev–Trinajstić information content (AvgIpc) is 2.58. The first-order valence-electron chi connectivity index (χ1n) is 10.1. The molecule has 0 saturated heterocycles. The Kier molecular flexibility index (Phi) is 18.0. The molecule has 0 radical (unpaired) electrons. The van der Waals surface area contributed by atoms with Gasteiger partial charge in [-0.05, 0) is 6.42 Å². The van der Waals surface area contributed by atoms with Gasteiger partial charge in [-0.2, -0.15) is 0 Å². The minimum absolute atomic E-state index is 0.0288. The molecule has 0 aliphatic carbocycles. The van der Waals surface area contributed by atoms with Gasteiger partial charge in [0.25, 0.3) is 5.09 Å². The van der Waals surface area contributed by atoms with Crippen molar-refractivity contribution in [2.45, 2.75) is 103 Å². The second-order valence-electron chi connectivity index (χ2n) is 6.62. The van der Waals surface area contributed by atoms with Gasteiger partial charge in [0.15, 0.2) is 0 Å². The lowest BCUT2D eigenvalue weighted by molar-refractivity contribution is -0.757. The quantitative estimate of drug-likeness (QED) is 0.130. The van der Waals surface area contributed by atoms with E-state index in [0.717, 1.165) is 12.8 Å². The Morgan fingerprint density at radius 3 is 1.72 bits per heavy atom. The van der Waals surface area contributed by atoms with E-state index in [2.05, 4.69) is 11.8 Å². The van der Waals surface area contributed by atoms with E-state index in [1.165, 1.54) is 70.6 Å². The van der Waals surface area contributed by atoms with Crippen molar-refractivity contribution in [2.75, 3.05) is 13.2 Å². The topological polar surface area (TPSA) is 78.7 Å². The van der Waals surface area contributed by atoms with Crippen LogP contribution in [0.1, 0.15) is 103 Å². The number of esters is 1. The summed E-state index contributed by atoms with van der Waals surface area (Å²) in [5.74, 6) is -0.218. The van der Waals surface area contributed by atoms with Gasteiger partial charge in [0.05, 0.1) is 13.2 Å². The highest BCUT2D eigenvalue weighted by Gasteiger charge is 2.03. The molecule has 6 heteroatoms. The van der Waals surface area contributed by atoms with E-state index in [1.807, 2.05) is 0 Å². The maximum absolute atomic E-state index is 11.4. The summed E-state index contributed by atoms with van der Waals surface area (Å²) in [6.45, 7) is 2.41. The van der Waals surface area contributed by atoms with Crippen molar-refractivity contribution in [3.05, 3.63) is 10.1 Å². The lowest BCUT2D eigenvalue weighted by atomic mass is 10.0. The van der Waals surface area contributed by atoms with Gasteiger partial charge in [0, 0.05) is 12.8 Å². The number of carbonyl (C=O) groups excluding carboxylic acids is 1. The third-order valence-electron chi connectivity index (χ3n) is 4.23. The van der Waals surface area contributed by atoms with E-state index in [1.54, 1.807) is 0 Å². The van der Waals surface area contributed by atoms with E-state index in [9.17, 15) is 14.9 Å². The lowest BCUT2D eigenvalue weighted by Crippen LogP contribution is -2.09. The molecule has 0 unspecified atom stereocenters. The minimum atomic E-state index is -0.838. The smallest absolute Gasteiger partial charge is 0.305 e. The van der Waals surface area contributed by atoms with Gasteiger partial charge in [-0.3, -0.25) is 4.79 Å². The first-order chi connectivity index (χ1) is 12.2. The van der Waals surface area contributed by atoms with Gasteiger partial charge in [0.1, 0.15) is 0 Å². The van der Waals surface area contributed by atoms with Crippen LogP contribution in [-0.4, -0.2) is 24.3 Å². The predicted octanol–water partition coefficient (Wildman–Crippen LogP) is 5.61. The molecule has 0 aliphatic heterocycles. The van der Waals surface area contributed by atoms with Crippen molar-refractivity contribution in [1.82, 2.24) is 0 Å². The Hall–Kier alpha value is -1.33. The number of rotatable bonds is 19. The molecule has 0 aromatic rings. The highest BCUT2D eigenvalue weighted by Crippen LogP contribution is 2.13. The molecular formula is C19H37NO5. The Morgan fingerprint density at radius 2 is 1.24 bits per heavy atom. The molecule has 0 heterocycles. The van der Waals surface area contributed by atoms with Crippen LogP contribution in [0.25, 0.3) is 0 Å². The van der Waals surface area contributed by atoms with Crippen LogP contribution in [-0.2, 0) is 14.4 Å². The number of unbranched alkanes of at least 4 members (excludes halogenated alkanes) is 12. The molecule has 0 aromatic heterocycles. The Bertz CT molecular complexity index is 323. The van der Waals surface area contributed by atoms with Crippen LogP contribution in [0.3, 0.4) is 0 Å². The van der Waals surface area contributed by atoms with Gasteiger partial charge in [-0.1, -0.05) is 84.0 Å². The summed E-state index contributed by atoms with van der Waals surface area (Å²) < 4.78 is 4.99. The number of hydrogen-bond acceptors (Lipinski definition) is 5. The fourth-order valence-corrected chi connectivity index (χ4v) is 2.74. The summed E-state index contributed by atoms with van der Waals surface area (Å²) in [7, 11) is 0. The molecule has 0 saturated carbocycles. The molecule has 25 heavy (non-hydrogen) atoms. The summed E-state index contributed by atoms with van der Waals surface area (Å²) in [5, 5.41) is 9.08. The largest absolute Gasteiger partial charge is 0.466 e. The standard InChI is InChI=1S/C19H37NO5/c1-2-3-4-5-6-7-8-9-10-11-12-13-14-16-19(21)24-17-15-18-25-20(22)23/h2-18H2,1H3. The molecule has 0 N–H and O–H groups in total. The second-order valence-corrected chi connectivity index (χ2v) is 6.62. The normalized spacial score (nSPS) is 10.6. The molecule has 0 spiro atoms. The highest BCUT2D eigenvalue weighted by atomic mass is 16.9. The number of nitrogens with zero attached hydrogens (tertiary/aromatic N) is 1.